The van der Waals surface area contributed by atoms with E-state index in [9.17, 15) is 14.1 Å². The first-order valence-corrected chi connectivity index (χ1v) is 8.56. The topological polar surface area (TPSA) is 60.9 Å². The van der Waals surface area contributed by atoms with Crippen LogP contribution in [0.4, 0.5) is 0 Å². The van der Waals surface area contributed by atoms with Gasteiger partial charge in [0.2, 0.25) is 5.91 Å². The molecule has 1 unspecified atom stereocenters. The predicted octanol–water partition coefficient (Wildman–Crippen LogP) is -0.187. The summed E-state index contributed by atoms with van der Waals surface area (Å²) in [5.41, 5.74) is 0. The fraction of sp³-hybridized carbons (Fsp3) is 0.923. The summed E-state index contributed by atoms with van der Waals surface area (Å²) >= 11 is 0. The van der Waals surface area contributed by atoms with Gasteiger partial charge in [0.15, 0.2) is 0 Å². The van der Waals surface area contributed by atoms with Gasteiger partial charge in [-0.1, -0.05) is 0 Å². The van der Waals surface area contributed by atoms with E-state index < -0.39 is 16.9 Å². The molecule has 0 aromatic carbocycles. The van der Waals surface area contributed by atoms with Crippen molar-refractivity contribution in [1.29, 1.82) is 0 Å². The molecular formula is C13H24N2O3S. The lowest BCUT2D eigenvalue weighted by atomic mass is 10.1. The molecular weight excluding hydrogens is 264 g/mol. The Hall–Kier alpha value is -0.460. The summed E-state index contributed by atoms with van der Waals surface area (Å²) in [6.07, 6.45) is 2.93. The molecule has 6 heteroatoms. The molecule has 19 heavy (non-hydrogen) atoms. The lowest BCUT2D eigenvalue weighted by molar-refractivity contribution is -0.129. The van der Waals surface area contributed by atoms with E-state index in [-0.39, 0.29) is 5.91 Å². The molecule has 1 amide bonds. The van der Waals surface area contributed by atoms with Crippen LogP contribution in [-0.4, -0.2) is 75.4 Å². The Morgan fingerprint density at radius 1 is 1.47 bits per heavy atom. The molecule has 0 aromatic heterocycles. The number of nitrogens with zero attached hydrogens (tertiary/aromatic N) is 2. The molecule has 1 atom stereocenters. The van der Waals surface area contributed by atoms with Crippen LogP contribution >= 0.6 is 0 Å². The van der Waals surface area contributed by atoms with Crippen molar-refractivity contribution in [2.45, 2.75) is 37.8 Å². The average molecular weight is 288 g/mol. The standard InChI is InChI=1S/C13H24N2O3S/c1-14(11-4-7-19(18)8-5-11)9-12(16)10-15-6-2-3-13(15)17/h11-12,16H,2-10H2,1H3. The highest BCUT2D eigenvalue weighted by molar-refractivity contribution is 7.85. The molecule has 2 fully saturated rings. The highest BCUT2D eigenvalue weighted by atomic mass is 32.2. The second-order valence-corrected chi connectivity index (χ2v) is 7.31. The van der Waals surface area contributed by atoms with Crippen molar-refractivity contribution in [2.75, 3.05) is 38.2 Å². The predicted molar refractivity (Wildman–Crippen MR) is 75.3 cm³/mol. The summed E-state index contributed by atoms with van der Waals surface area (Å²) in [4.78, 5) is 15.4. The second-order valence-electron chi connectivity index (χ2n) is 5.62. The molecule has 2 aliphatic heterocycles. The van der Waals surface area contributed by atoms with Gasteiger partial charge in [-0.2, -0.15) is 0 Å². The molecule has 2 rings (SSSR count). The van der Waals surface area contributed by atoms with E-state index in [1.54, 1.807) is 4.90 Å². The number of rotatable bonds is 5. The molecule has 5 nitrogen and oxygen atoms in total. The van der Waals surface area contributed by atoms with E-state index in [0.29, 0.717) is 25.6 Å². The number of carbonyl (C=O) groups excluding carboxylic acids is 1. The average Bonchev–Trinajstić information content (AvgIpc) is 2.75. The number of aliphatic hydroxyl groups is 1. The van der Waals surface area contributed by atoms with Crippen molar-refractivity contribution in [3.63, 3.8) is 0 Å². The number of hydrogen-bond donors (Lipinski definition) is 1. The number of likely N-dealkylation sites (tertiary alicyclic amines) is 1. The molecule has 0 aliphatic carbocycles. The Kier molecular flexibility index (Phi) is 5.36. The third-order valence-electron chi connectivity index (χ3n) is 4.08. The molecule has 1 N–H and O–H groups in total. The van der Waals surface area contributed by atoms with Crippen molar-refractivity contribution in [2.24, 2.45) is 0 Å². The Morgan fingerprint density at radius 2 is 2.16 bits per heavy atom. The van der Waals surface area contributed by atoms with Gasteiger partial charge in [-0.05, 0) is 26.3 Å². The van der Waals surface area contributed by atoms with Gasteiger partial charge < -0.3 is 14.9 Å². The first-order valence-electron chi connectivity index (χ1n) is 7.07. The van der Waals surface area contributed by atoms with E-state index in [1.165, 1.54) is 0 Å². The van der Waals surface area contributed by atoms with Gasteiger partial charge in [0.1, 0.15) is 0 Å². The molecule has 2 heterocycles. The van der Waals surface area contributed by atoms with Crippen LogP contribution in [0.2, 0.25) is 0 Å². The minimum Gasteiger partial charge on any atom is -0.390 e. The monoisotopic (exact) mass is 288 g/mol. The van der Waals surface area contributed by atoms with Crippen molar-refractivity contribution >= 4 is 16.7 Å². The first kappa shape index (κ1) is 14.9. The van der Waals surface area contributed by atoms with E-state index in [1.807, 2.05) is 7.05 Å². The summed E-state index contributed by atoms with van der Waals surface area (Å²) < 4.78 is 11.3. The zero-order valence-corrected chi connectivity index (χ0v) is 12.4. The lowest BCUT2D eigenvalue weighted by Gasteiger charge is -2.33. The fourth-order valence-corrected chi connectivity index (χ4v) is 4.19. The summed E-state index contributed by atoms with van der Waals surface area (Å²) in [6.45, 7) is 1.81. The number of aliphatic hydroxyl groups excluding tert-OH is 1. The van der Waals surface area contributed by atoms with Crippen LogP contribution in [0, 0.1) is 0 Å². The smallest absolute Gasteiger partial charge is 0.222 e. The van der Waals surface area contributed by atoms with Gasteiger partial charge in [0.25, 0.3) is 0 Å². The highest BCUT2D eigenvalue weighted by Gasteiger charge is 2.26. The van der Waals surface area contributed by atoms with E-state index >= 15 is 0 Å². The molecule has 0 saturated carbocycles. The van der Waals surface area contributed by atoms with Crippen molar-refractivity contribution in [3.8, 4) is 0 Å². The van der Waals surface area contributed by atoms with Crippen LogP contribution in [0.3, 0.4) is 0 Å². The molecule has 110 valence electrons. The van der Waals surface area contributed by atoms with Crippen LogP contribution in [0.15, 0.2) is 0 Å². The fourth-order valence-electron chi connectivity index (χ4n) is 2.91. The van der Waals surface area contributed by atoms with Crippen LogP contribution in [0.1, 0.15) is 25.7 Å². The Labute approximate surface area is 117 Å². The van der Waals surface area contributed by atoms with Gasteiger partial charge in [-0.3, -0.25) is 9.00 Å². The van der Waals surface area contributed by atoms with Crippen LogP contribution in [-0.2, 0) is 15.6 Å². The van der Waals surface area contributed by atoms with E-state index in [4.69, 9.17) is 0 Å². The minimum absolute atomic E-state index is 0.162. The zero-order valence-electron chi connectivity index (χ0n) is 11.6. The molecule has 0 radical (unpaired) electrons. The molecule has 0 spiro atoms. The molecule has 0 bridgehead atoms. The Morgan fingerprint density at radius 3 is 2.74 bits per heavy atom. The van der Waals surface area contributed by atoms with Crippen LogP contribution in [0.5, 0.6) is 0 Å². The zero-order chi connectivity index (χ0) is 13.8. The van der Waals surface area contributed by atoms with Crippen LogP contribution in [0.25, 0.3) is 0 Å². The molecule has 0 aromatic rings. The summed E-state index contributed by atoms with van der Waals surface area (Å²) in [5, 5.41) is 10.1. The van der Waals surface area contributed by atoms with E-state index in [0.717, 1.165) is 37.3 Å². The van der Waals surface area contributed by atoms with Gasteiger partial charge in [-0.15, -0.1) is 0 Å². The first-order chi connectivity index (χ1) is 9.06. The summed E-state index contributed by atoms with van der Waals surface area (Å²) in [6, 6.07) is 0.418. The SMILES string of the molecule is CN(CC(O)CN1CCCC1=O)C1CCS(=O)CC1. The summed E-state index contributed by atoms with van der Waals surface area (Å²) in [5.74, 6) is 1.71. The minimum atomic E-state index is -0.641. The van der Waals surface area contributed by atoms with Crippen molar-refractivity contribution in [1.82, 2.24) is 9.80 Å². The number of carbonyl (C=O) groups is 1. The number of β-amino-alcohol motifs (C(OH)–C–C–N with tert-alkyl or cyclic N) is 1. The largest absolute Gasteiger partial charge is 0.390 e. The van der Waals surface area contributed by atoms with Gasteiger partial charge >= 0.3 is 0 Å². The maximum Gasteiger partial charge on any atom is 0.222 e. The highest BCUT2D eigenvalue weighted by Crippen LogP contribution is 2.16. The molecule has 2 saturated heterocycles. The normalized spacial score (nSPS) is 30.1. The maximum atomic E-state index is 11.5. The number of likely N-dealkylation sites (N-methyl/N-ethyl adjacent to an activating group) is 1. The quantitative estimate of drug-likeness (QED) is 0.762. The van der Waals surface area contributed by atoms with E-state index in [2.05, 4.69) is 4.90 Å². The maximum absolute atomic E-state index is 11.5. The Balaban J connectivity index is 1.73. The third kappa shape index (κ3) is 4.26. The third-order valence-corrected chi connectivity index (χ3v) is 5.46. The van der Waals surface area contributed by atoms with Crippen molar-refractivity contribution < 1.29 is 14.1 Å². The number of amides is 1. The lowest BCUT2D eigenvalue weighted by Crippen LogP contribution is -2.44. The van der Waals surface area contributed by atoms with Crippen molar-refractivity contribution in [3.05, 3.63) is 0 Å². The van der Waals surface area contributed by atoms with Crippen LogP contribution < -0.4 is 0 Å². The summed E-state index contributed by atoms with van der Waals surface area (Å²) in [7, 11) is 1.37. The Bertz CT molecular complexity index is 341. The van der Waals surface area contributed by atoms with Gasteiger partial charge in [0.05, 0.1) is 6.10 Å². The number of hydrogen-bond acceptors (Lipinski definition) is 4. The van der Waals surface area contributed by atoms with Gasteiger partial charge in [-0.25, -0.2) is 0 Å². The molecule has 2 aliphatic rings. The van der Waals surface area contributed by atoms with Gasteiger partial charge in [0, 0.05) is 54.4 Å². The second kappa shape index (κ2) is 6.81.